The van der Waals surface area contributed by atoms with Crippen LogP contribution in [0.3, 0.4) is 0 Å². The molecule has 2 amide bonds. The Kier molecular flexibility index (Phi) is 4.70. The Morgan fingerprint density at radius 2 is 2.09 bits per heavy atom. The number of thiophene rings is 1. The van der Waals surface area contributed by atoms with Gasteiger partial charge in [0.1, 0.15) is 0 Å². The predicted molar refractivity (Wildman–Crippen MR) is 91.7 cm³/mol. The van der Waals surface area contributed by atoms with Crippen molar-refractivity contribution in [1.29, 1.82) is 0 Å². The van der Waals surface area contributed by atoms with Crippen LogP contribution in [0, 0.1) is 0 Å². The minimum Gasteiger partial charge on any atom is -0.394 e. The van der Waals surface area contributed by atoms with E-state index in [1.54, 1.807) is 28.4 Å². The molecule has 2 aromatic heterocycles. The average Bonchev–Trinajstić information content (AvgIpc) is 3.20. The average molecular weight is 328 g/mol. The molecule has 0 saturated heterocycles. The molecule has 7 heteroatoms. The number of aromatic nitrogens is 2. The van der Waals surface area contributed by atoms with Crippen LogP contribution in [0.2, 0.25) is 0 Å². The first-order chi connectivity index (χ1) is 11.3. The highest BCUT2D eigenvalue weighted by Gasteiger charge is 2.09. The van der Waals surface area contributed by atoms with E-state index in [0.717, 1.165) is 16.1 Å². The van der Waals surface area contributed by atoms with Crippen LogP contribution in [0.1, 0.15) is 0 Å². The number of anilines is 2. The number of amides is 2. The molecule has 0 spiro atoms. The molecule has 0 aliphatic carbocycles. The lowest BCUT2D eigenvalue weighted by molar-refractivity contribution is 0.262. The molecular formula is C16H16N4O2S. The largest absolute Gasteiger partial charge is 0.394 e. The fraction of sp³-hybridized carbons (Fsp3) is 0.125. The molecule has 0 atom stereocenters. The number of carbonyl (C=O) groups is 1. The fourth-order valence-corrected chi connectivity index (χ4v) is 2.94. The summed E-state index contributed by atoms with van der Waals surface area (Å²) in [7, 11) is 0. The zero-order valence-corrected chi connectivity index (χ0v) is 13.1. The van der Waals surface area contributed by atoms with Gasteiger partial charge in [0.25, 0.3) is 0 Å². The van der Waals surface area contributed by atoms with Crippen LogP contribution in [-0.4, -0.2) is 27.5 Å². The summed E-state index contributed by atoms with van der Waals surface area (Å²) < 4.78 is 1.56. The number of aliphatic hydroxyl groups excluding tert-OH is 1. The summed E-state index contributed by atoms with van der Waals surface area (Å²) in [5.74, 6) is 0. The second kappa shape index (κ2) is 7.08. The van der Waals surface area contributed by atoms with E-state index < -0.39 is 0 Å². The third kappa shape index (κ3) is 3.77. The summed E-state index contributed by atoms with van der Waals surface area (Å²) in [4.78, 5) is 13.3. The molecule has 0 bridgehead atoms. The Hall–Kier alpha value is -2.64. The molecule has 1 aromatic carbocycles. The molecule has 0 aliphatic rings. The molecule has 3 rings (SSSR count). The molecule has 3 aromatic rings. The maximum absolute atomic E-state index is 12.2. The van der Waals surface area contributed by atoms with Crippen LogP contribution in [0.25, 0.3) is 10.4 Å². The topological polar surface area (TPSA) is 79.2 Å². The van der Waals surface area contributed by atoms with Gasteiger partial charge in [-0.3, -0.25) is 4.68 Å². The Morgan fingerprint density at radius 1 is 1.22 bits per heavy atom. The summed E-state index contributed by atoms with van der Waals surface area (Å²) >= 11 is 1.62. The quantitative estimate of drug-likeness (QED) is 0.672. The number of aliphatic hydroxyl groups is 1. The van der Waals surface area contributed by atoms with E-state index in [4.69, 9.17) is 5.11 Å². The Morgan fingerprint density at radius 3 is 2.87 bits per heavy atom. The van der Waals surface area contributed by atoms with Gasteiger partial charge in [-0.15, -0.1) is 11.3 Å². The second-order valence-corrected chi connectivity index (χ2v) is 5.77. The summed E-state index contributed by atoms with van der Waals surface area (Å²) in [5, 5.41) is 20.5. The lowest BCUT2D eigenvalue weighted by Gasteiger charge is -2.10. The first-order valence-corrected chi connectivity index (χ1v) is 7.98. The van der Waals surface area contributed by atoms with Gasteiger partial charge >= 0.3 is 6.03 Å². The number of hydrogen-bond acceptors (Lipinski definition) is 4. The van der Waals surface area contributed by atoms with Crippen molar-refractivity contribution < 1.29 is 9.90 Å². The molecule has 6 nitrogen and oxygen atoms in total. The van der Waals surface area contributed by atoms with Crippen LogP contribution in [-0.2, 0) is 6.54 Å². The number of nitrogens with zero attached hydrogens (tertiary/aromatic N) is 2. The Labute approximate surface area is 137 Å². The normalized spacial score (nSPS) is 10.5. The number of rotatable bonds is 5. The fourth-order valence-electron chi connectivity index (χ4n) is 2.18. The summed E-state index contributed by atoms with van der Waals surface area (Å²) in [5.41, 5.74) is 2.30. The van der Waals surface area contributed by atoms with Gasteiger partial charge in [-0.25, -0.2) is 4.79 Å². The number of urea groups is 1. The van der Waals surface area contributed by atoms with Crippen LogP contribution in [0.15, 0.2) is 54.2 Å². The molecule has 0 saturated carbocycles. The van der Waals surface area contributed by atoms with Crippen molar-refractivity contribution in [3.05, 3.63) is 54.2 Å². The Balaban J connectivity index is 1.70. The number of carbonyl (C=O) groups excluding carboxylic acids is 1. The van der Waals surface area contributed by atoms with Gasteiger partial charge in [-0.05, 0) is 17.5 Å². The molecule has 0 radical (unpaired) electrons. The van der Waals surface area contributed by atoms with Gasteiger partial charge in [0, 0.05) is 16.6 Å². The monoisotopic (exact) mass is 328 g/mol. The minimum atomic E-state index is -0.336. The number of nitrogens with one attached hydrogen (secondary N) is 2. The zero-order chi connectivity index (χ0) is 16.1. The zero-order valence-electron chi connectivity index (χ0n) is 12.3. The van der Waals surface area contributed by atoms with Crippen molar-refractivity contribution >= 4 is 28.7 Å². The lowest BCUT2D eigenvalue weighted by atomic mass is 10.1. The van der Waals surface area contributed by atoms with Gasteiger partial charge in [-0.2, -0.15) is 5.10 Å². The van der Waals surface area contributed by atoms with Crippen molar-refractivity contribution in [3.8, 4) is 10.4 Å². The van der Waals surface area contributed by atoms with E-state index in [9.17, 15) is 4.79 Å². The van der Waals surface area contributed by atoms with Gasteiger partial charge < -0.3 is 15.7 Å². The highest BCUT2D eigenvalue weighted by atomic mass is 32.1. The van der Waals surface area contributed by atoms with Crippen molar-refractivity contribution in [2.75, 3.05) is 17.2 Å². The maximum atomic E-state index is 12.2. The molecule has 0 fully saturated rings. The molecule has 2 heterocycles. The summed E-state index contributed by atoms with van der Waals surface area (Å²) in [6.07, 6.45) is 3.21. The van der Waals surface area contributed by atoms with Crippen LogP contribution >= 0.6 is 11.3 Å². The molecule has 0 aliphatic heterocycles. The van der Waals surface area contributed by atoms with Gasteiger partial charge in [0.15, 0.2) is 0 Å². The smallest absolute Gasteiger partial charge is 0.323 e. The second-order valence-electron chi connectivity index (χ2n) is 4.82. The Bertz CT molecular complexity index is 783. The minimum absolute atomic E-state index is 0.00149. The van der Waals surface area contributed by atoms with Gasteiger partial charge in [0.2, 0.25) is 0 Å². The van der Waals surface area contributed by atoms with Gasteiger partial charge in [0.05, 0.1) is 30.7 Å². The third-order valence-electron chi connectivity index (χ3n) is 3.18. The van der Waals surface area contributed by atoms with Crippen molar-refractivity contribution in [2.24, 2.45) is 0 Å². The predicted octanol–water partition coefficient (Wildman–Crippen LogP) is 3.25. The number of hydrogen-bond donors (Lipinski definition) is 3. The SMILES string of the molecule is O=C(Nc1cnn(CCO)c1)Nc1ccccc1-c1cccs1. The van der Waals surface area contributed by atoms with Crippen LogP contribution in [0.4, 0.5) is 16.2 Å². The molecule has 0 unspecified atom stereocenters. The van der Waals surface area contributed by atoms with E-state index in [2.05, 4.69) is 15.7 Å². The highest BCUT2D eigenvalue weighted by Crippen LogP contribution is 2.31. The standard InChI is InChI=1S/C16H16N4O2S/c21-8-7-20-11-12(10-17-20)18-16(22)19-14-5-2-1-4-13(14)15-6-3-9-23-15/h1-6,9-11,21H,7-8H2,(H2,18,19,22). The van der Waals surface area contributed by atoms with E-state index >= 15 is 0 Å². The summed E-state index contributed by atoms with van der Waals surface area (Å²) in [6, 6.07) is 11.3. The lowest BCUT2D eigenvalue weighted by Crippen LogP contribution is -2.19. The van der Waals surface area contributed by atoms with E-state index in [1.165, 1.54) is 0 Å². The number of para-hydroxylation sites is 1. The van der Waals surface area contributed by atoms with E-state index in [1.807, 2.05) is 41.8 Å². The first kappa shape index (κ1) is 15.3. The summed E-state index contributed by atoms with van der Waals surface area (Å²) in [6.45, 7) is 0.395. The van der Waals surface area contributed by atoms with Crippen LogP contribution in [0.5, 0.6) is 0 Å². The molecule has 3 N–H and O–H groups in total. The third-order valence-corrected chi connectivity index (χ3v) is 4.09. The van der Waals surface area contributed by atoms with Crippen molar-refractivity contribution in [3.63, 3.8) is 0 Å². The number of benzene rings is 1. The first-order valence-electron chi connectivity index (χ1n) is 7.10. The van der Waals surface area contributed by atoms with Crippen LogP contribution < -0.4 is 10.6 Å². The van der Waals surface area contributed by atoms with Crippen molar-refractivity contribution in [2.45, 2.75) is 6.54 Å². The van der Waals surface area contributed by atoms with E-state index in [0.29, 0.717) is 12.2 Å². The molecule has 118 valence electrons. The highest BCUT2D eigenvalue weighted by molar-refractivity contribution is 7.13. The van der Waals surface area contributed by atoms with E-state index in [-0.39, 0.29) is 12.6 Å². The molecular weight excluding hydrogens is 312 g/mol. The van der Waals surface area contributed by atoms with Gasteiger partial charge in [-0.1, -0.05) is 24.3 Å². The van der Waals surface area contributed by atoms with Crippen molar-refractivity contribution in [1.82, 2.24) is 9.78 Å². The maximum Gasteiger partial charge on any atom is 0.323 e. The molecule has 23 heavy (non-hydrogen) atoms.